The summed E-state index contributed by atoms with van der Waals surface area (Å²) in [5.41, 5.74) is -0.435. The van der Waals surface area contributed by atoms with Crippen LogP contribution in [0.5, 0.6) is 0 Å². The number of ether oxygens (including phenoxy) is 1. The summed E-state index contributed by atoms with van der Waals surface area (Å²) in [6.45, 7) is 6.42. The van der Waals surface area contributed by atoms with Gasteiger partial charge in [0.05, 0.1) is 7.11 Å². The fourth-order valence-electron chi connectivity index (χ4n) is 3.16. The van der Waals surface area contributed by atoms with Crippen LogP contribution in [0, 0.1) is 5.92 Å². The number of hydrogen-bond donors (Lipinski definition) is 1. The lowest BCUT2D eigenvalue weighted by Crippen LogP contribution is -2.57. The van der Waals surface area contributed by atoms with Crippen LogP contribution in [0.15, 0.2) is 0 Å². The molecule has 1 fully saturated rings. The lowest BCUT2D eigenvalue weighted by atomic mass is 9.84. The molecule has 0 aromatic rings. The van der Waals surface area contributed by atoms with Gasteiger partial charge in [-0.05, 0) is 57.0 Å². The molecule has 0 amide bonds. The zero-order valence-electron chi connectivity index (χ0n) is 12.8. The van der Waals surface area contributed by atoms with Crippen molar-refractivity contribution in [2.45, 2.75) is 64.5 Å². The van der Waals surface area contributed by atoms with E-state index in [1.165, 1.54) is 19.3 Å². The normalized spacial score (nSPS) is 26.9. The molecule has 0 aliphatic heterocycles. The molecule has 1 rings (SSSR count). The lowest BCUT2D eigenvalue weighted by Gasteiger charge is -2.35. The number of thioether (sulfide) groups is 1. The van der Waals surface area contributed by atoms with E-state index in [9.17, 15) is 4.79 Å². The molecule has 0 radical (unpaired) electrons. The highest BCUT2D eigenvalue weighted by atomic mass is 32.2. The monoisotopic (exact) mass is 287 g/mol. The second-order valence-corrected chi connectivity index (χ2v) is 6.98. The first-order valence-corrected chi connectivity index (χ1v) is 8.66. The van der Waals surface area contributed by atoms with Crippen LogP contribution in [0.1, 0.15) is 52.9 Å². The summed E-state index contributed by atoms with van der Waals surface area (Å²) in [6.07, 6.45) is 5.52. The largest absolute Gasteiger partial charge is 0.468 e. The Kier molecular flexibility index (Phi) is 7.22. The Morgan fingerprint density at radius 3 is 2.79 bits per heavy atom. The Morgan fingerprint density at radius 2 is 2.21 bits per heavy atom. The first-order chi connectivity index (χ1) is 9.06. The summed E-state index contributed by atoms with van der Waals surface area (Å²) in [5, 5.41) is 3.51. The van der Waals surface area contributed by atoms with Gasteiger partial charge in [-0.15, -0.1) is 0 Å². The number of rotatable bonds is 8. The van der Waals surface area contributed by atoms with Crippen LogP contribution in [0.25, 0.3) is 0 Å². The Balaban J connectivity index is 2.67. The Labute approximate surface area is 122 Å². The van der Waals surface area contributed by atoms with Gasteiger partial charge in [0, 0.05) is 6.04 Å². The van der Waals surface area contributed by atoms with Crippen molar-refractivity contribution in [1.29, 1.82) is 0 Å². The molecule has 2 unspecified atom stereocenters. The van der Waals surface area contributed by atoms with Crippen LogP contribution in [0.2, 0.25) is 0 Å². The number of methoxy groups -OCH3 is 1. The van der Waals surface area contributed by atoms with Gasteiger partial charge in [0.25, 0.3) is 0 Å². The van der Waals surface area contributed by atoms with Crippen molar-refractivity contribution in [2.75, 3.05) is 18.6 Å². The highest BCUT2D eigenvalue weighted by Crippen LogP contribution is 2.40. The third-order valence-electron chi connectivity index (χ3n) is 3.88. The van der Waals surface area contributed by atoms with Crippen LogP contribution in [-0.4, -0.2) is 36.2 Å². The first-order valence-electron chi connectivity index (χ1n) is 7.50. The maximum Gasteiger partial charge on any atom is 0.326 e. The topological polar surface area (TPSA) is 38.3 Å². The number of carbonyl (C=O) groups is 1. The van der Waals surface area contributed by atoms with Crippen molar-refractivity contribution in [3.05, 3.63) is 0 Å². The highest BCUT2D eigenvalue weighted by molar-refractivity contribution is 7.99. The van der Waals surface area contributed by atoms with E-state index < -0.39 is 5.54 Å². The van der Waals surface area contributed by atoms with Gasteiger partial charge in [0.2, 0.25) is 0 Å². The van der Waals surface area contributed by atoms with Crippen molar-refractivity contribution in [1.82, 2.24) is 5.32 Å². The van der Waals surface area contributed by atoms with E-state index in [2.05, 4.69) is 26.1 Å². The summed E-state index contributed by atoms with van der Waals surface area (Å²) < 4.78 is 5.09. The molecule has 0 bridgehead atoms. The Hall–Kier alpha value is -0.220. The second kappa shape index (κ2) is 8.15. The standard InChI is InChI=1S/C15H29NO2S/c1-5-10-19-11-8-13-7-6-9-15(13,14(17)18-4)16-12(2)3/h12-13,16H,5-11H2,1-4H3. The van der Waals surface area contributed by atoms with Crippen molar-refractivity contribution >= 4 is 17.7 Å². The van der Waals surface area contributed by atoms with Crippen molar-refractivity contribution in [3.63, 3.8) is 0 Å². The molecule has 0 saturated heterocycles. The molecule has 112 valence electrons. The van der Waals surface area contributed by atoms with E-state index in [0.717, 1.165) is 31.4 Å². The molecule has 0 heterocycles. The first kappa shape index (κ1) is 16.8. The number of esters is 1. The smallest absolute Gasteiger partial charge is 0.326 e. The van der Waals surface area contributed by atoms with Gasteiger partial charge in [-0.2, -0.15) is 11.8 Å². The highest BCUT2D eigenvalue weighted by Gasteiger charge is 2.49. The van der Waals surface area contributed by atoms with E-state index in [1.54, 1.807) is 0 Å². The summed E-state index contributed by atoms with van der Waals surface area (Å²) >= 11 is 2.00. The minimum Gasteiger partial charge on any atom is -0.468 e. The number of hydrogen-bond acceptors (Lipinski definition) is 4. The van der Waals surface area contributed by atoms with Crippen molar-refractivity contribution < 1.29 is 9.53 Å². The number of nitrogens with one attached hydrogen (secondary N) is 1. The Bertz CT molecular complexity index is 283. The van der Waals surface area contributed by atoms with E-state index in [0.29, 0.717) is 12.0 Å². The average molecular weight is 287 g/mol. The Morgan fingerprint density at radius 1 is 1.47 bits per heavy atom. The van der Waals surface area contributed by atoms with E-state index in [1.807, 2.05) is 11.8 Å². The molecule has 0 spiro atoms. The third kappa shape index (κ3) is 4.38. The summed E-state index contributed by atoms with van der Waals surface area (Å²) in [4.78, 5) is 12.3. The zero-order valence-corrected chi connectivity index (χ0v) is 13.6. The average Bonchev–Trinajstić information content (AvgIpc) is 2.77. The van der Waals surface area contributed by atoms with E-state index in [-0.39, 0.29) is 5.97 Å². The minimum absolute atomic E-state index is 0.0656. The van der Waals surface area contributed by atoms with Gasteiger partial charge in [0.15, 0.2) is 0 Å². The zero-order chi connectivity index (χ0) is 14.3. The molecule has 1 aliphatic rings. The minimum atomic E-state index is -0.435. The van der Waals surface area contributed by atoms with Crippen LogP contribution < -0.4 is 5.32 Å². The molecule has 4 heteroatoms. The van der Waals surface area contributed by atoms with Crippen LogP contribution in [-0.2, 0) is 9.53 Å². The summed E-state index contributed by atoms with van der Waals surface area (Å²) in [7, 11) is 1.51. The predicted octanol–water partition coefficient (Wildman–Crippen LogP) is 3.23. The lowest BCUT2D eigenvalue weighted by molar-refractivity contribution is -0.150. The molecular weight excluding hydrogens is 258 g/mol. The van der Waals surface area contributed by atoms with Gasteiger partial charge < -0.3 is 4.74 Å². The van der Waals surface area contributed by atoms with Gasteiger partial charge in [-0.1, -0.05) is 13.3 Å². The summed E-state index contributed by atoms with van der Waals surface area (Å²) in [6, 6.07) is 0.308. The fraction of sp³-hybridized carbons (Fsp3) is 0.933. The van der Waals surface area contributed by atoms with Gasteiger partial charge in [-0.25, -0.2) is 0 Å². The molecule has 0 aromatic carbocycles. The SMILES string of the molecule is CCCSCCC1CCCC1(NC(C)C)C(=O)OC. The molecule has 2 atom stereocenters. The fourth-order valence-corrected chi connectivity index (χ4v) is 4.10. The van der Waals surface area contributed by atoms with Gasteiger partial charge >= 0.3 is 5.97 Å². The molecule has 19 heavy (non-hydrogen) atoms. The van der Waals surface area contributed by atoms with Gasteiger partial charge in [-0.3, -0.25) is 10.1 Å². The van der Waals surface area contributed by atoms with Crippen molar-refractivity contribution in [2.24, 2.45) is 5.92 Å². The van der Waals surface area contributed by atoms with Gasteiger partial charge in [0.1, 0.15) is 5.54 Å². The molecule has 3 nitrogen and oxygen atoms in total. The van der Waals surface area contributed by atoms with Crippen LogP contribution >= 0.6 is 11.8 Å². The van der Waals surface area contributed by atoms with Crippen molar-refractivity contribution in [3.8, 4) is 0 Å². The molecule has 1 aliphatic carbocycles. The molecular formula is C15H29NO2S. The second-order valence-electron chi connectivity index (χ2n) is 5.75. The maximum atomic E-state index is 12.3. The summed E-state index contributed by atoms with van der Waals surface area (Å²) in [5.74, 6) is 2.72. The predicted molar refractivity (Wildman–Crippen MR) is 82.6 cm³/mol. The number of carbonyl (C=O) groups excluding carboxylic acids is 1. The third-order valence-corrected chi connectivity index (χ3v) is 5.10. The van der Waals surface area contributed by atoms with Crippen LogP contribution in [0.4, 0.5) is 0 Å². The molecule has 0 aromatic heterocycles. The van der Waals surface area contributed by atoms with Crippen LogP contribution in [0.3, 0.4) is 0 Å². The molecule has 1 saturated carbocycles. The molecule has 1 N–H and O–H groups in total. The van der Waals surface area contributed by atoms with E-state index >= 15 is 0 Å². The van der Waals surface area contributed by atoms with E-state index in [4.69, 9.17) is 4.74 Å². The maximum absolute atomic E-state index is 12.3. The quantitative estimate of drug-likeness (QED) is 0.549.